The van der Waals surface area contributed by atoms with Crippen molar-refractivity contribution in [2.24, 2.45) is 5.92 Å². The molecule has 0 bridgehead atoms. The van der Waals surface area contributed by atoms with E-state index in [1.165, 1.54) is 25.7 Å². The van der Waals surface area contributed by atoms with Gasteiger partial charge < -0.3 is 10.6 Å². The summed E-state index contributed by atoms with van der Waals surface area (Å²) in [5.74, 6) is 1.20. The first-order valence-electron chi connectivity index (χ1n) is 7.59. The zero-order valence-corrected chi connectivity index (χ0v) is 12.4. The van der Waals surface area contributed by atoms with Gasteiger partial charge in [-0.3, -0.25) is 4.79 Å². The van der Waals surface area contributed by atoms with Gasteiger partial charge in [0.2, 0.25) is 0 Å². The summed E-state index contributed by atoms with van der Waals surface area (Å²) in [5.41, 5.74) is 0.386. The number of aromatic nitrogens is 2. The smallest absolute Gasteiger partial charge is 0.272 e. The van der Waals surface area contributed by atoms with E-state index in [0.717, 1.165) is 13.0 Å². The lowest BCUT2D eigenvalue weighted by Gasteiger charge is -2.19. The van der Waals surface area contributed by atoms with Crippen LogP contribution < -0.4 is 10.6 Å². The standard InChI is InChI=1S/C15H24N4O/c1-3-10-16-14-9-8-13(18-19-14)15(20)17-11(2)12-6-4-5-7-12/h8-9,11-12H,3-7,10H2,1-2H3,(H,16,19)(H,17,20). The van der Waals surface area contributed by atoms with E-state index in [9.17, 15) is 4.79 Å². The predicted octanol–water partition coefficient (Wildman–Crippen LogP) is 2.61. The molecule has 5 nitrogen and oxygen atoms in total. The molecule has 1 aromatic heterocycles. The number of hydrogen-bond acceptors (Lipinski definition) is 4. The average molecular weight is 276 g/mol. The van der Waals surface area contributed by atoms with Crippen LogP contribution in [0, 0.1) is 5.92 Å². The molecule has 5 heteroatoms. The van der Waals surface area contributed by atoms with Crippen molar-refractivity contribution in [3.63, 3.8) is 0 Å². The second-order valence-corrected chi connectivity index (χ2v) is 5.54. The van der Waals surface area contributed by atoms with E-state index < -0.39 is 0 Å². The van der Waals surface area contributed by atoms with Gasteiger partial charge in [-0.05, 0) is 44.2 Å². The van der Waals surface area contributed by atoms with Gasteiger partial charge >= 0.3 is 0 Å². The monoisotopic (exact) mass is 276 g/mol. The van der Waals surface area contributed by atoms with Gasteiger partial charge in [0, 0.05) is 12.6 Å². The molecule has 0 saturated heterocycles. The number of nitrogens with zero attached hydrogens (tertiary/aromatic N) is 2. The highest BCUT2D eigenvalue weighted by molar-refractivity contribution is 5.92. The van der Waals surface area contributed by atoms with E-state index in [1.807, 2.05) is 0 Å². The first-order chi connectivity index (χ1) is 9.70. The highest BCUT2D eigenvalue weighted by Gasteiger charge is 2.23. The Morgan fingerprint density at radius 3 is 2.70 bits per heavy atom. The number of hydrogen-bond donors (Lipinski definition) is 2. The number of anilines is 1. The Balaban J connectivity index is 1.88. The molecule has 1 atom stereocenters. The Morgan fingerprint density at radius 2 is 2.10 bits per heavy atom. The SMILES string of the molecule is CCCNc1ccc(C(=O)NC(C)C2CCCC2)nn1. The van der Waals surface area contributed by atoms with Crippen molar-refractivity contribution in [2.45, 2.75) is 52.0 Å². The van der Waals surface area contributed by atoms with Gasteiger partial charge in [-0.1, -0.05) is 19.8 Å². The molecule has 110 valence electrons. The van der Waals surface area contributed by atoms with Crippen LogP contribution >= 0.6 is 0 Å². The lowest BCUT2D eigenvalue weighted by molar-refractivity contribution is 0.0921. The highest BCUT2D eigenvalue weighted by Crippen LogP contribution is 2.27. The summed E-state index contributed by atoms with van der Waals surface area (Å²) >= 11 is 0. The summed E-state index contributed by atoms with van der Waals surface area (Å²) in [5, 5.41) is 14.2. The molecule has 2 rings (SSSR count). The van der Waals surface area contributed by atoms with E-state index >= 15 is 0 Å². The molecule has 1 saturated carbocycles. The number of amides is 1. The van der Waals surface area contributed by atoms with Gasteiger partial charge in [-0.25, -0.2) is 0 Å². The fraction of sp³-hybridized carbons (Fsp3) is 0.667. The van der Waals surface area contributed by atoms with Crippen molar-refractivity contribution in [1.82, 2.24) is 15.5 Å². The molecule has 1 aliphatic rings. The van der Waals surface area contributed by atoms with Crippen molar-refractivity contribution >= 4 is 11.7 Å². The minimum atomic E-state index is -0.126. The first kappa shape index (κ1) is 14.8. The van der Waals surface area contributed by atoms with Crippen LogP contribution in [-0.4, -0.2) is 28.7 Å². The minimum absolute atomic E-state index is 0.126. The first-order valence-corrected chi connectivity index (χ1v) is 7.59. The fourth-order valence-electron chi connectivity index (χ4n) is 2.66. The van der Waals surface area contributed by atoms with E-state index in [2.05, 4.69) is 34.7 Å². The van der Waals surface area contributed by atoms with Crippen LogP contribution in [0.3, 0.4) is 0 Å². The molecule has 20 heavy (non-hydrogen) atoms. The summed E-state index contributed by atoms with van der Waals surface area (Å²) in [6, 6.07) is 3.74. The molecule has 0 radical (unpaired) electrons. The van der Waals surface area contributed by atoms with Gasteiger partial charge in [0.25, 0.3) is 5.91 Å². The molecule has 1 fully saturated rings. The lowest BCUT2D eigenvalue weighted by Crippen LogP contribution is -2.37. The average Bonchev–Trinajstić information content (AvgIpc) is 3.00. The maximum Gasteiger partial charge on any atom is 0.272 e. The quantitative estimate of drug-likeness (QED) is 0.838. The lowest BCUT2D eigenvalue weighted by atomic mass is 10.00. The van der Waals surface area contributed by atoms with Crippen LogP contribution in [0.5, 0.6) is 0 Å². The summed E-state index contributed by atoms with van der Waals surface area (Å²) < 4.78 is 0. The second kappa shape index (κ2) is 7.22. The van der Waals surface area contributed by atoms with E-state index in [0.29, 0.717) is 17.4 Å². The molecule has 1 heterocycles. The Kier molecular flexibility index (Phi) is 5.32. The third kappa shape index (κ3) is 3.92. The highest BCUT2D eigenvalue weighted by atomic mass is 16.2. The Morgan fingerprint density at radius 1 is 1.35 bits per heavy atom. The number of carbonyl (C=O) groups is 1. The molecule has 0 spiro atoms. The largest absolute Gasteiger partial charge is 0.369 e. The summed E-state index contributed by atoms with van der Waals surface area (Å²) in [4.78, 5) is 12.1. The van der Waals surface area contributed by atoms with Crippen LogP contribution in [0.15, 0.2) is 12.1 Å². The molecule has 0 aliphatic heterocycles. The molecule has 1 aromatic rings. The minimum Gasteiger partial charge on any atom is -0.369 e. The van der Waals surface area contributed by atoms with Crippen LogP contribution in [0.2, 0.25) is 0 Å². The molecule has 1 amide bonds. The molecule has 2 N–H and O–H groups in total. The van der Waals surface area contributed by atoms with Crippen molar-refractivity contribution < 1.29 is 4.79 Å². The van der Waals surface area contributed by atoms with Crippen LogP contribution in [0.25, 0.3) is 0 Å². The van der Waals surface area contributed by atoms with E-state index in [-0.39, 0.29) is 11.9 Å². The molecular weight excluding hydrogens is 252 g/mol. The fourth-order valence-corrected chi connectivity index (χ4v) is 2.66. The Hall–Kier alpha value is -1.65. The van der Waals surface area contributed by atoms with E-state index in [1.54, 1.807) is 12.1 Å². The van der Waals surface area contributed by atoms with E-state index in [4.69, 9.17) is 0 Å². The van der Waals surface area contributed by atoms with Gasteiger partial charge in [0.1, 0.15) is 5.82 Å². The van der Waals surface area contributed by atoms with Crippen LogP contribution in [-0.2, 0) is 0 Å². The third-order valence-corrected chi connectivity index (χ3v) is 3.92. The summed E-state index contributed by atoms with van der Waals surface area (Å²) in [6.45, 7) is 5.03. The van der Waals surface area contributed by atoms with Crippen LogP contribution in [0.1, 0.15) is 56.4 Å². The maximum absolute atomic E-state index is 12.1. The number of nitrogens with one attached hydrogen (secondary N) is 2. The van der Waals surface area contributed by atoms with Gasteiger partial charge in [-0.15, -0.1) is 10.2 Å². The van der Waals surface area contributed by atoms with Crippen molar-refractivity contribution in [3.05, 3.63) is 17.8 Å². The zero-order chi connectivity index (χ0) is 14.4. The van der Waals surface area contributed by atoms with Gasteiger partial charge in [-0.2, -0.15) is 0 Å². The molecule has 1 aliphatic carbocycles. The van der Waals surface area contributed by atoms with Crippen molar-refractivity contribution in [2.75, 3.05) is 11.9 Å². The maximum atomic E-state index is 12.1. The topological polar surface area (TPSA) is 66.9 Å². The molecule has 1 unspecified atom stereocenters. The Labute approximate surface area is 120 Å². The molecular formula is C15H24N4O. The van der Waals surface area contributed by atoms with Gasteiger partial charge in [0.05, 0.1) is 0 Å². The second-order valence-electron chi connectivity index (χ2n) is 5.54. The number of rotatable bonds is 6. The molecule has 0 aromatic carbocycles. The zero-order valence-electron chi connectivity index (χ0n) is 12.4. The van der Waals surface area contributed by atoms with Crippen molar-refractivity contribution in [3.8, 4) is 0 Å². The number of carbonyl (C=O) groups excluding carboxylic acids is 1. The predicted molar refractivity (Wildman–Crippen MR) is 79.7 cm³/mol. The normalized spacial score (nSPS) is 16.9. The Bertz CT molecular complexity index is 426. The van der Waals surface area contributed by atoms with Gasteiger partial charge in [0.15, 0.2) is 5.69 Å². The summed E-state index contributed by atoms with van der Waals surface area (Å²) in [7, 11) is 0. The van der Waals surface area contributed by atoms with Crippen LogP contribution in [0.4, 0.5) is 5.82 Å². The summed E-state index contributed by atoms with van der Waals surface area (Å²) in [6.07, 6.45) is 6.02. The third-order valence-electron chi connectivity index (χ3n) is 3.92. The van der Waals surface area contributed by atoms with Crippen molar-refractivity contribution in [1.29, 1.82) is 0 Å².